The van der Waals surface area contributed by atoms with Crippen LogP contribution in [0.15, 0.2) is 18.2 Å². The van der Waals surface area contributed by atoms with E-state index in [1.54, 1.807) is 12.1 Å². The van der Waals surface area contributed by atoms with Crippen LogP contribution in [0.25, 0.3) is 0 Å². The first-order chi connectivity index (χ1) is 8.01. The molecule has 0 aromatic heterocycles. The van der Waals surface area contributed by atoms with Crippen LogP contribution in [0.3, 0.4) is 0 Å². The average Bonchev–Trinajstić information content (AvgIpc) is 2.26. The molecule has 0 fully saturated rings. The monoisotopic (exact) mass is 290 g/mol. The number of likely N-dealkylation sites (N-methyl/N-ethyl adjacent to an activating group) is 1. The summed E-state index contributed by atoms with van der Waals surface area (Å²) in [7, 11) is 0. The van der Waals surface area contributed by atoms with E-state index in [1.165, 1.54) is 0 Å². The van der Waals surface area contributed by atoms with Crippen molar-refractivity contribution in [1.29, 1.82) is 0 Å². The molecule has 94 valence electrons. The van der Waals surface area contributed by atoms with Gasteiger partial charge in [0.25, 0.3) is 0 Å². The van der Waals surface area contributed by atoms with Gasteiger partial charge in [-0.2, -0.15) is 0 Å². The molecule has 0 heterocycles. The zero-order valence-corrected chi connectivity index (χ0v) is 12.2. The molecular formula is C12H16Cl2N2S. The van der Waals surface area contributed by atoms with Crippen LogP contribution in [0.1, 0.15) is 25.5 Å². The van der Waals surface area contributed by atoms with Crippen molar-refractivity contribution in [2.75, 3.05) is 13.1 Å². The maximum absolute atomic E-state index is 6.20. The van der Waals surface area contributed by atoms with Gasteiger partial charge >= 0.3 is 0 Å². The Morgan fingerprint density at radius 2 is 1.94 bits per heavy atom. The number of halogens is 2. The van der Waals surface area contributed by atoms with Crippen LogP contribution >= 0.6 is 35.4 Å². The third-order valence-corrected chi connectivity index (χ3v) is 3.49. The smallest absolute Gasteiger partial charge is 0.0948 e. The lowest BCUT2D eigenvalue weighted by molar-refractivity contribution is 0.272. The lowest BCUT2D eigenvalue weighted by Gasteiger charge is -2.29. The van der Waals surface area contributed by atoms with Crippen LogP contribution in [-0.2, 0) is 0 Å². The molecule has 0 saturated heterocycles. The second-order valence-electron chi connectivity index (χ2n) is 3.69. The number of nitrogens with zero attached hydrogens (tertiary/aromatic N) is 1. The normalized spacial score (nSPS) is 12.8. The first-order valence-electron chi connectivity index (χ1n) is 5.49. The van der Waals surface area contributed by atoms with Gasteiger partial charge in [0.2, 0.25) is 0 Å². The van der Waals surface area contributed by atoms with Gasteiger partial charge in [0.15, 0.2) is 0 Å². The summed E-state index contributed by atoms with van der Waals surface area (Å²) in [6.45, 7) is 5.85. The molecule has 0 aliphatic rings. The minimum Gasteiger partial charge on any atom is -0.392 e. The van der Waals surface area contributed by atoms with Crippen molar-refractivity contribution in [2.45, 2.75) is 19.9 Å². The van der Waals surface area contributed by atoms with E-state index >= 15 is 0 Å². The van der Waals surface area contributed by atoms with E-state index < -0.39 is 0 Å². The average molecular weight is 291 g/mol. The van der Waals surface area contributed by atoms with Crippen molar-refractivity contribution < 1.29 is 0 Å². The molecule has 17 heavy (non-hydrogen) atoms. The van der Waals surface area contributed by atoms with Crippen molar-refractivity contribution in [2.24, 2.45) is 5.73 Å². The van der Waals surface area contributed by atoms with Crippen molar-refractivity contribution in [3.63, 3.8) is 0 Å². The Labute approximate surface area is 118 Å². The summed E-state index contributed by atoms with van der Waals surface area (Å²) in [6, 6.07) is 5.27. The Bertz CT molecular complexity index is 405. The van der Waals surface area contributed by atoms with Crippen molar-refractivity contribution in [1.82, 2.24) is 4.90 Å². The van der Waals surface area contributed by atoms with Crippen molar-refractivity contribution in [3.05, 3.63) is 33.8 Å². The molecule has 0 aliphatic carbocycles. The maximum atomic E-state index is 6.20. The summed E-state index contributed by atoms with van der Waals surface area (Å²) in [5, 5.41) is 1.21. The Balaban J connectivity index is 3.18. The number of rotatable bonds is 5. The lowest BCUT2D eigenvalue weighted by Crippen LogP contribution is -2.36. The van der Waals surface area contributed by atoms with Crippen LogP contribution in [0.5, 0.6) is 0 Å². The highest BCUT2D eigenvalue weighted by Crippen LogP contribution is 2.30. The van der Waals surface area contributed by atoms with Gasteiger partial charge in [-0.1, -0.05) is 55.3 Å². The topological polar surface area (TPSA) is 29.3 Å². The zero-order chi connectivity index (χ0) is 13.0. The Hall–Kier alpha value is -0.350. The van der Waals surface area contributed by atoms with Crippen LogP contribution < -0.4 is 5.73 Å². The largest absolute Gasteiger partial charge is 0.392 e. The third-order valence-electron chi connectivity index (χ3n) is 2.70. The van der Waals surface area contributed by atoms with Crippen molar-refractivity contribution in [3.8, 4) is 0 Å². The highest BCUT2D eigenvalue weighted by molar-refractivity contribution is 7.80. The predicted octanol–water partition coefficient (Wildman–Crippen LogP) is 3.66. The van der Waals surface area contributed by atoms with Gasteiger partial charge in [-0.05, 0) is 30.8 Å². The second-order valence-corrected chi connectivity index (χ2v) is 5.01. The van der Waals surface area contributed by atoms with Crippen LogP contribution in [0, 0.1) is 0 Å². The van der Waals surface area contributed by atoms with E-state index in [0.717, 1.165) is 18.7 Å². The fraction of sp³-hybridized carbons (Fsp3) is 0.417. The molecule has 0 aliphatic heterocycles. The molecule has 1 rings (SSSR count). The van der Waals surface area contributed by atoms with Gasteiger partial charge in [0, 0.05) is 10.0 Å². The number of benzene rings is 1. The maximum Gasteiger partial charge on any atom is 0.0948 e. The Morgan fingerprint density at radius 3 is 2.35 bits per heavy atom. The van der Waals surface area contributed by atoms with E-state index in [2.05, 4.69) is 18.7 Å². The molecule has 0 bridgehead atoms. The predicted molar refractivity (Wildman–Crippen MR) is 78.9 cm³/mol. The quantitative estimate of drug-likeness (QED) is 0.839. The highest BCUT2D eigenvalue weighted by Gasteiger charge is 2.22. The van der Waals surface area contributed by atoms with E-state index in [-0.39, 0.29) is 6.04 Å². The second kappa shape index (κ2) is 6.55. The van der Waals surface area contributed by atoms with E-state index in [1.807, 2.05) is 6.07 Å². The molecule has 0 amide bonds. The number of nitrogens with two attached hydrogens (primary N) is 1. The lowest BCUT2D eigenvalue weighted by atomic mass is 10.1. The number of hydrogen-bond acceptors (Lipinski definition) is 2. The summed E-state index contributed by atoms with van der Waals surface area (Å²) in [5.74, 6) is 0. The molecule has 2 nitrogen and oxygen atoms in total. The molecule has 1 unspecified atom stereocenters. The fourth-order valence-corrected chi connectivity index (χ4v) is 2.63. The van der Waals surface area contributed by atoms with E-state index in [0.29, 0.717) is 15.0 Å². The van der Waals surface area contributed by atoms with Crippen LogP contribution in [-0.4, -0.2) is 23.0 Å². The van der Waals surface area contributed by atoms with Gasteiger partial charge in [0.1, 0.15) is 0 Å². The van der Waals surface area contributed by atoms with Crippen molar-refractivity contribution >= 4 is 40.4 Å². The number of hydrogen-bond donors (Lipinski definition) is 1. The summed E-state index contributed by atoms with van der Waals surface area (Å²) in [6.07, 6.45) is 0. The molecule has 0 saturated carbocycles. The van der Waals surface area contributed by atoms with Gasteiger partial charge < -0.3 is 5.73 Å². The van der Waals surface area contributed by atoms with Crippen LogP contribution in [0.4, 0.5) is 0 Å². The Kier molecular flexibility index (Phi) is 5.67. The van der Waals surface area contributed by atoms with Gasteiger partial charge in [-0.15, -0.1) is 0 Å². The minimum absolute atomic E-state index is 0.134. The van der Waals surface area contributed by atoms with E-state index in [4.69, 9.17) is 41.2 Å². The molecule has 1 atom stereocenters. The summed E-state index contributed by atoms with van der Waals surface area (Å²) >= 11 is 17.2. The molecule has 1 aromatic rings. The van der Waals surface area contributed by atoms with Crippen LogP contribution in [0.2, 0.25) is 10.0 Å². The van der Waals surface area contributed by atoms with Gasteiger partial charge in [-0.3, -0.25) is 4.90 Å². The Morgan fingerprint density at radius 1 is 1.35 bits per heavy atom. The first-order valence-corrected chi connectivity index (χ1v) is 6.66. The molecule has 1 aromatic carbocycles. The van der Waals surface area contributed by atoms with E-state index in [9.17, 15) is 0 Å². The molecule has 5 heteroatoms. The third kappa shape index (κ3) is 3.55. The van der Waals surface area contributed by atoms with Gasteiger partial charge in [-0.25, -0.2) is 0 Å². The fourth-order valence-electron chi connectivity index (χ4n) is 1.84. The highest BCUT2D eigenvalue weighted by atomic mass is 35.5. The molecule has 0 radical (unpaired) electrons. The SMILES string of the molecule is CCN(CC)C(C(N)=S)c1ccc(Cl)cc1Cl. The standard InChI is InChI=1S/C12H16Cl2N2S/c1-3-16(4-2)11(12(15)17)9-6-5-8(13)7-10(9)14/h5-7,11H,3-4H2,1-2H3,(H2,15,17). The minimum atomic E-state index is -0.134. The molecular weight excluding hydrogens is 275 g/mol. The first kappa shape index (κ1) is 14.7. The van der Waals surface area contributed by atoms with Gasteiger partial charge in [0.05, 0.1) is 11.0 Å². The molecule has 0 spiro atoms. The summed E-state index contributed by atoms with van der Waals surface area (Å²) in [4.78, 5) is 2.59. The summed E-state index contributed by atoms with van der Waals surface area (Å²) < 4.78 is 0. The number of thiocarbonyl (C=S) groups is 1. The molecule has 2 N–H and O–H groups in total. The zero-order valence-electron chi connectivity index (χ0n) is 9.91. The summed E-state index contributed by atoms with van der Waals surface area (Å²) in [5.41, 5.74) is 6.74.